The molecule has 0 radical (unpaired) electrons. The number of aryl methyl sites for hydroxylation is 1. The van der Waals surface area contributed by atoms with E-state index in [1.807, 2.05) is 12.3 Å². The third-order valence-electron chi connectivity index (χ3n) is 4.87. The van der Waals surface area contributed by atoms with Gasteiger partial charge in [-0.15, -0.1) is 22.9 Å². The van der Waals surface area contributed by atoms with Crippen LogP contribution in [0.1, 0.15) is 49.0 Å². The van der Waals surface area contributed by atoms with Gasteiger partial charge in [0.05, 0.1) is 5.88 Å². The molecular formula is C15H22ClNO2S2. The van der Waals surface area contributed by atoms with Crippen molar-refractivity contribution in [3.63, 3.8) is 0 Å². The van der Waals surface area contributed by atoms with Gasteiger partial charge in [0.15, 0.2) is 0 Å². The average Bonchev–Trinajstić information content (AvgIpc) is 2.88. The molecule has 0 aromatic carbocycles. The van der Waals surface area contributed by atoms with E-state index in [2.05, 4.69) is 0 Å². The van der Waals surface area contributed by atoms with E-state index in [9.17, 15) is 8.42 Å². The van der Waals surface area contributed by atoms with Crippen molar-refractivity contribution in [2.24, 2.45) is 5.92 Å². The molecule has 1 aromatic rings. The van der Waals surface area contributed by atoms with Crippen molar-refractivity contribution < 1.29 is 8.42 Å². The lowest BCUT2D eigenvalue weighted by Gasteiger charge is -2.43. The largest absolute Gasteiger partial charge is 0.244 e. The topological polar surface area (TPSA) is 37.4 Å². The third kappa shape index (κ3) is 2.78. The van der Waals surface area contributed by atoms with Gasteiger partial charge in [-0.05, 0) is 49.5 Å². The van der Waals surface area contributed by atoms with Crippen molar-refractivity contribution in [3.05, 3.63) is 15.8 Å². The van der Waals surface area contributed by atoms with E-state index in [-0.39, 0.29) is 11.9 Å². The van der Waals surface area contributed by atoms with Crippen molar-refractivity contribution >= 4 is 33.0 Å². The normalized spacial score (nSPS) is 27.5. The Bertz CT molecular complexity index is 609. The van der Waals surface area contributed by atoms with Crippen LogP contribution in [0.4, 0.5) is 0 Å². The van der Waals surface area contributed by atoms with Crippen LogP contribution < -0.4 is 0 Å². The fourth-order valence-electron chi connectivity index (χ4n) is 3.92. The molecule has 1 aliphatic heterocycles. The number of piperidine rings is 1. The standard InChI is InChI=1S/C15H22ClNO2S2/c1-11-10-20-14(9-16)15(11)21(18,19)17-8-4-6-12-5-2-3-7-13(12)17/h10,12-13H,2-9H2,1H3. The summed E-state index contributed by atoms with van der Waals surface area (Å²) >= 11 is 7.41. The molecular weight excluding hydrogens is 326 g/mol. The minimum absolute atomic E-state index is 0.208. The number of nitrogens with zero attached hydrogens (tertiary/aromatic N) is 1. The smallest absolute Gasteiger partial charge is 0.207 e. The Morgan fingerprint density at radius 3 is 2.76 bits per heavy atom. The van der Waals surface area contributed by atoms with Crippen molar-refractivity contribution in [2.75, 3.05) is 6.54 Å². The maximum atomic E-state index is 13.2. The molecule has 21 heavy (non-hydrogen) atoms. The fourth-order valence-corrected chi connectivity index (χ4v) is 7.69. The summed E-state index contributed by atoms with van der Waals surface area (Å²) in [6.45, 7) is 2.54. The number of thiophene rings is 1. The Labute approximate surface area is 136 Å². The molecule has 1 aliphatic carbocycles. The van der Waals surface area contributed by atoms with Gasteiger partial charge in [-0.25, -0.2) is 8.42 Å². The summed E-state index contributed by atoms with van der Waals surface area (Å²) in [5.74, 6) is 0.829. The van der Waals surface area contributed by atoms with Crippen LogP contribution in [0.5, 0.6) is 0 Å². The average molecular weight is 348 g/mol. The molecule has 2 unspecified atom stereocenters. The Balaban J connectivity index is 1.98. The van der Waals surface area contributed by atoms with Crippen LogP contribution in [0.25, 0.3) is 0 Å². The van der Waals surface area contributed by atoms with E-state index < -0.39 is 10.0 Å². The highest BCUT2D eigenvalue weighted by atomic mass is 35.5. The van der Waals surface area contributed by atoms with Crippen LogP contribution in [0.2, 0.25) is 0 Å². The summed E-state index contributed by atoms with van der Waals surface area (Å²) in [7, 11) is -3.40. The van der Waals surface area contributed by atoms with Gasteiger partial charge < -0.3 is 0 Å². The monoisotopic (exact) mass is 347 g/mol. The number of sulfonamides is 1. The first kappa shape index (κ1) is 15.8. The summed E-state index contributed by atoms with van der Waals surface area (Å²) in [4.78, 5) is 1.26. The molecule has 2 fully saturated rings. The van der Waals surface area contributed by atoms with Gasteiger partial charge in [-0.1, -0.05) is 12.8 Å². The quantitative estimate of drug-likeness (QED) is 0.770. The maximum absolute atomic E-state index is 13.2. The Morgan fingerprint density at radius 1 is 1.29 bits per heavy atom. The summed E-state index contributed by atoms with van der Waals surface area (Å²) in [6, 6.07) is 0.208. The molecule has 0 N–H and O–H groups in total. The highest BCUT2D eigenvalue weighted by Crippen LogP contribution is 2.40. The number of rotatable bonds is 3. The molecule has 0 spiro atoms. The predicted octanol–water partition coefficient (Wildman–Crippen LogP) is 4.14. The van der Waals surface area contributed by atoms with Gasteiger partial charge in [0.25, 0.3) is 0 Å². The number of halogens is 1. The molecule has 6 heteroatoms. The minimum Gasteiger partial charge on any atom is -0.207 e. The van der Waals surface area contributed by atoms with Crippen LogP contribution in [0, 0.1) is 12.8 Å². The lowest BCUT2D eigenvalue weighted by molar-refractivity contribution is 0.129. The lowest BCUT2D eigenvalue weighted by atomic mass is 9.79. The van der Waals surface area contributed by atoms with Crippen LogP contribution in [0.3, 0.4) is 0 Å². The number of fused-ring (bicyclic) bond motifs is 1. The van der Waals surface area contributed by atoms with Crippen LogP contribution in [-0.2, 0) is 15.9 Å². The summed E-state index contributed by atoms with van der Waals surface area (Å²) in [6.07, 6.45) is 6.77. The molecule has 0 bridgehead atoms. The first-order valence-electron chi connectivity index (χ1n) is 7.70. The van der Waals surface area contributed by atoms with Gasteiger partial charge in [0.1, 0.15) is 4.90 Å². The van der Waals surface area contributed by atoms with E-state index in [4.69, 9.17) is 11.6 Å². The van der Waals surface area contributed by atoms with E-state index in [0.29, 0.717) is 17.4 Å². The molecule has 0 amide bonds. The van der Waals surface area contributed by atoms with Gasteiger partial charge in [-0.2, -0.15) is 4.31 Å². The molecule has 3 rings (SSSR count). The minimum atomic E-state index is -3.40. The summed E-state index contributed by atoms with van der Waals surface area (Å²) < 4.78 is 28.2. The second-order valence-corrected chi connectivity index (χ2v) is 9.23. The molecule has 2 heterocycles. The zero-order valence-corrected chi connectivity index (χ0v) is 14.7. The second-order valence-electron chi connectivity index (χ2n) is 6.17. The van der Waals surface area contributed by atoms with Gasteiger partial charge in [-0.3, -0.25) is 0 Å². The Kier molecular flexibility index (Phi) is 4.65. The van der Waals surface area contributed by atoms with E-state index in [1.165, 1.54) is 30.6 Å². The first-order valence-corrected chi connectivity index (χ1v) is 10.6. The van der Waals surface area contributed by atoms with Crippen molar-refractivity contribution in [2.45, 2.75) is 62.3 Å². The Morgan fingerprint density at radius 2 is 2.00 bits per heavy atom. The number of alkyl halides is 1. The van der Waals surface area contributed by atoms with E-state index in [1.54, 1.807) is 4.31 Å². The summed E-state index contributed by atoms with van der Waals surface area (Å²) in [5.41, 5.74) is 0.841. The number of hydrogen-bond donors (Lipinski definition) is 0. The zero-order chi connectivity index (χ0) is 15.0. The molecule has 1 aromatic heterocycles. The first-order chi connectivity index (χ1) is 10.1. The summed E-state index contributed by atoms with van der Waals surface area (Å²) in [5, 5.41) is 1.91. The molecule has 1 saturated heterocycles. The molecule has 1 saturated carbocycles. The molecule has 2 atom stereocenters. The van der Waals surface area contributed by atoms with Crippen LogP contribution in [0.15, 0.2) is 10.3 Å². The Hall–Kier alpha value is -0.100. The van der Waals surface area contributed by atoms with Crippen molar-refractivity contribution in [1.82, 2.24) is 4.31 Å². The molecule has 2 aliphatic rings. The van der Waals surface area contributed by atoms with Crippen molar-refractivity contribution in [3.8, 4) is 0 Å². The van der Waals surface area contributed by atoms with Crippen molar-refractivity contribution in [1.29, 1.82) is 0 Å². The second kappa shape index (κ2) is 6.19. The zero-order valence-electron chi connectivity index (χ0n) is 12.3. The SMILES string of the molecule is Cc1csc(CCl)c1S(=O)(=O)N1CCCC2CCCCC21. The van der Waals surface area contributed by atoms with Gasteiger partial charge >= 0.3 is 0 Å². The van der Waals surface area contributed by atoms with Gasteiger partial charge in [0.2, 0.25) is 10.0 Å². The van der Waals surface area contributed by atoms with Crippen LogP contribution >= 0.6 is 22.9 Å². The highest BCUT2D eigenvalue weighted by Gasteiger charge is 2.41. The maximum Gasteiger partial charge on any atom is 0.244 e. The highest BCUT2D eigenvalue weighted by molar-refractivity contribution is 7.89. The molecule has 3 nitrogen and oxygen atoms in total. The fraction of sp³-hybridized carbons (Fsp3) is 0.733. The van der Waals surface area contributed by atoms with E-state index in [0.717, 1.165) is 29.7 Å². The molecule has 118 valence electrons. The van der Waals surface area contributed by atoms with E-state index >= 15 is 0 Å². The number of hydrogen-bond acceptors (Lipinski definition) is 3. The van der Waals surface area contributed by atoms with Crippen LogP contribution in [-0.4, -0.2) is 25.3 Å². The van der Waals surface area contributed by atoms with Gasteiger partial charge in [0, 0.05) is 17.5 Å². The third-order valence-corrected chi connectivity index (χ3v) is 8.68. The lowest BCUT2D eigenvalue weighted by Crippen LogP contribution is -2.49. The predicted molar refractivity (Wildman–Crippen MR) is 87.5 cm³/mol.